The highest BCUT2D eigenvalue weighted by atomic mass is 19.1. The van der Waals surface area contributed by atoms with Crippen molar-refractivity contribution in [2.24, 2.45) is 0 Å². The van der Waals surface area contributed by atoms with E-state index in [1.807, 2.05) is 51.0 Å². The summed E-state index contributed by atoms with van der Waals surface area (Å²) < 4.78 is 13.2. The smallest absolute Gasteiger partial charge is 0.321 e. The predicted octanol–water partition coefficient (Wildman–Crippen LogP) is 4.27. The van der Waals surface area contributed by atoms with E-state index in [1.54, 1.807) is 4.90 Å². The molecule has 0 aliphatic rings. The summed E-state index contributed by atoms with van der Waals surface area (Å²) in [7, 11) is 3.95. The zero-order valence-corrected chi connectivity index (χ0v) is 18.5. The first-order valence-electron chi connectivity index (χ1n) is 10.3. The number of nitrogens with one attached hydrogen (secondary N) is 2. The van der Waals surface area contributed by atoms with Crippen LogP contribution in [0.5, 0.6) is 0 Å². The van der Waals surface area contributed by atoms with Crippen LogP contribution in [0.2, 0.25) is 0 Å². The summed E-state index contributed by atoms with van der Waals surface area (Å²) in [4.78, 5) is 32.4. The fraction of sp³-hybridized carbons (Fsp3) is 0.333. The van der Waals surface area contributed by atoms with Gasteiger partial charge in [0, 0.05) is 17.8 Å². The molecule has 2 N–H and O–H groups in total. The van der Waals surface area contributed by atoms with Crippen molar-refractivity contribution in [3.05, 3.63) is 75.3 Å². The summed E-state index contributed by atoms with van der Waals surface area (Å²) >= 11 is 0. The molecule has 1 aromatic heterocycles. The van der Waals surface area contributed by atoms with Crippen molar-refractivity contribution in [2.45, 2.75) is 26.8 Å². The maximum absolute atomic E-state index is 13.2. The van der Waals surface area contributed by atoms with Gasteiger partial charge in [-0.25, -0.2) is 9.18 Å². The number of fused-ring (bicyclic) bond motifs is 1. The maximum Gasteiger partial charge on any atom is 0.322 e. The Morgan fingerprint density at radius 2 is 1.77 bits per heavy atom. The number of amides is 2. The number of hydrogen-bond donors (Lipinski definition) is 2. The number of rotatable bonds is 7. The van der Waals surface area contributed by atoms with E-state index in [9.17, 15) is 14.0 Å². The monoisotopic (exact) mass is 424 g/mol. The minimum Gasteiger partial charge on any atom is -0.321 e. The van der Waals surface area contributed by atoms with Crippen LogP contribution < -0.4 is 10.9 Å². The fourth-order valence-electron chi connectivity index (χ4n) is 3.46. The molecule has 3 rings (SSSR count). The van der Waals surface area contributed by atoms with E-state index >= 15 is 0 Å². The second-order valence-electron chi connectivity index (χ2n) is 8.11. The van der Waals surface area contributed by atoms with Crippen LogP contribution in [0.25, 0.3) is 10.9 Å². The molecule has 0 aliphatic heterocycles. The highest BCUT2D eigenvalue weighted by Gasteiger charge is 2.17. The van der Waals surface area contributed by atoms with Crippen LogP contribution in [0.1, 0.15) is 23.1 Å². The van der Waals surface area contributed by atoms with Gasteiger partial charge in [0.25, 0.3) is 5.56 Å². The molecule has 0 unspecified atom stereocenters. The molecule has 2 amide bonds. The van der Waals surface area contributed by atoms with Gasteiger partial charge in [-0.1, -0.05) is 12.1 Å². The number of aromatic amines is 1. The molecule has 0 saturated heterocycles. The van der Waals surface area contributed by atoms with Crippen molar-refractivity contribution < 1.29 is 9.18 Å². The first-order valence-corrected chi connectivity index (χ1v) is 10.3. The van der Waals surface area contributed by atoms with Crippen LogP contribution in [0.15, 0.2) is 47.3 Å². The number of halogens is 1. The molecule has 0 saturated carbocycles. The number of nitrogens with zero attached hydrogens (tertiary/aromatic N) is 2. The van der Waals surface area contributed by atoms with Gasteiger partial charge in [-0.2, -0.15) is 0 Å². The lowest BCUT2D eigenvalue weighted by atomic mass is 10.0. The van der Waals surface area contributed by atoms with Gasteiger partial charge in [0.2, 0.25) is 0 Å². The number of pyridine rings is 1. The summed E-state index contributed by atoms with van der Waals surface area (Å²) in [6.07, 6.45) is 0.758. The third kappa shape index (κ3) is 5.70. The third-order valence-electron chi connectivity index (χ3n) is 5.41. The SMILES string of the molecule is Cc1ccc2cc(CN(CCCN(C)C)C(=O)Nc3ccc(F)cc3)c(=O)[nH]c2c1C. The van der Waals surface area contributed by atoms with Gasteiger partial charge in [-0.05, 0) is 87.8 Å². The number of hydrogen-bond acceptors (Lipinski definition) is 3. The van der Waals surface area contributed by atoms with E-state index in [0.717, 1.165) is 35.0 Å². The number of benzene rings is 2. The van der Waals surface area contributed by atoms with Crippen molar-refractivity contribution in [1.29, 1.82) is 0 Å². The van der Waals surface area contributed by atoms with Crippen molar-refractivity contribution in [3.8, 4) is 0 Å². The van der Waals surface area contributed by atoms with Crippen LogP contribution in [0.4, 0.5) is 14.9 Å². The summed E-state index contributed by atoms with van der Waals surface area (Å²) in [5.41, 5.74) is 3.80. The standard InChI is InChI=1S/C24H29FN4O2/c1-16-6-7-18-14-19(23(30)27-22(18)17(16)2)15-29(13-5-12-28(3)4)24(31)26-21-10-8-20(25)9-11-21/h6-11,14H,5,12-13,15H2,1-4H3,(H,26,31)(H,27,30). The van der Waals surface area contributed by atoms with E-state index < -0.39 is 0 Å². The summed E-state index contributed by atoms with van der Waals surface area (Å²) in [6.45, 7) is 5.46. The van der Waals surface area contributed by atoms with E-state index in [-0.39, 0.29) is 24.0 Å². The fourth-order valence-corrected chi connectivity index (χ4v) is 3.46. The van der Waals surface area contributed by atoms with Gasteiger partial charge in [0.1, 0.15) is 5.82 Å². The molecule has 1 heterocycles. The molecule has 0 fully saturated rings. The average Bonchev–Trinajstić information content (AvgIpc) is 2.72. The Kier molecular flexibility index (Phi) is 7.07. The second kappa shape index (κ2) is 9.75. The second-order valence-corrected chi connectivity index (χ2v) is 8.11. The number of H-pyrrole nitrogens is 1. The summed E-state index contributed by atoms with van der Waals surface area (Å²) in [6, 6.07) is 11.1. The average molecular weight is 425 g/mol. The predicted molar refractivity (Wildman–Crippen MR) is 123 cm³/mol. The van der Waals surface area contributed by atoms with Crippen LogP contribution in [0, 0.1) is 19.7 Å². The quantitative estimate of drug-likeness (QED) is 0.595. The topological polar surface area (TPSA) is 68.4 Å². The number of anilines is 1. The first kappa shape index (κ1) is 22.5. The number of urea groups is 1. The molecule has 3 aromatic rings. The van der Waals surface area contributed by atoms with Gasteiger partial charge in [0.15, 0.2) is 0 Å². The number of aromatic nitrogens is 1. The van der Waals surface area contributed by atoms with E-state index in [2.05, 4.69) is 10.3 Å². The number of carbonyl (C=O) groups is 1. The molecule has 2 aromatic carbocycles. The molecule has 0 aliphatic carbocycles. The maximum atomic E-state index is 13.2. The van der Waals surface area contributed by atoms with E-state index in [4.69, 9.17) is 0 Å². The molecule has 0 spiro atoms. The molecular formula is C24H29FN4O2. The Bertz CT molecular complexity index is 1120. The molecule has 31 heavy (non-hydrogen) atoms. The van der Waals surface area contributed by atoms with Crippen molar-refractivity contribution in [1.82, 2.24) is 14.8 Å². The lowest BCUT2D eigenvalue weighted by Gasteiger charge is -2.24. The summed E-state index contributed by atoms with van der Waals surface area (Å²) in [5, 5.41) is 3.73. The Morgan fingerprint density at radius 3 is 2.45 bits per heavy atom. The Morgan fingerprint density at radius 1 is 1.06 bits per heavy atom. The number of aryl methyl sites for hydroxylation is 2. The molecule has 164 valence electrons. The minimum absolute atomic E-state index is 0.179. The molecule has 6 nitrogen and oxygen atoms in total. The largest absolute Gasteiger partial charge is 0.322 e. The van der Waals surface area contributed by atoms with Crippen LogP contribution >= 0.6 is 0 Å². The van der Waals surface area contributed by atoms with Gasteiger partial charge in [-0.3, -0.25) is 4.79 Å². The third-order valence-corrected chi connectivity index (χ3v) is 5.41. The Hall–Kier alpha value is -3.19. The van der Waals surface area contributed by atoms with Crippen molar-refractivity contribution in [2.75, 3.05) is 32.5 Å². The lowest BCUT2D eigenvalue weighted by Crippen LogP contribution is -2.37. The van der Waals surface area contributed by atoms with Gasteiger partial charge < -0.3 is 20.1 Å². The first-order chi connectivity index (χ1) is 14.7. The lowest BCUT2D eigenvalue weighted by molar-refractivity contribution is 0.205. The number of carbonyl (C=O) groups excluding carboxylic acids is 1. The van der Waals surface area contributed by atoms with Gasteiger partial charge in [-0.15, -0.1) is 0 Å². The zero-order valence-electron chi connectivity index (χ0n) is 18.5. The molecule has 7 heteroatoms. The normalized spacial score (nSPS) is 11.2. The molecule has 0 atom stereocenters. The van der Waals surface area contributed by atoms with Crippen molar-refractivity contribution >= 4 is 22.6 Å². The highest BCUT2D eigenvalue weighted by molar-refractivity contribution is 5.89. The zero-order chi connectivity index (χ0) is 22.5. The van der Waals surface area contributed by atoms with E-state index in [1.165, 1.54) is 24.3 Å². The Labute approximate surface area is 181 Å². The highest BCUT2D eigenvalue weighted by Crippen LogP contribution is 2.19. The molecule has 0 radical (unpaired) electrons. The van der Waals surface area contributed by atoms with Crippen molar-refractivity contribution in [3.63, 3.8) is 0 Å². The molecular weight excluding hydrogens is 395 g/mol. The Balaban J connectivity index is 1.85. The minimum atomic E-state index is -0.367. The van der Waals surface area contributed by atoms with Crippen LogP contribution in [0.3, 0.4) is 0 Å². The van der Waals surface area contributed by atoms with Gasteiger partial charge in [0.05, 0.1) is 12.1 Å². The van der Waals surface area contributed by atoms with E-state index in [0.29, 0.717) is 17.8 Å². The summed E-state index contributed by atoms with van der Waals surface area (Å²) in [5.74, 6) is -0.367. The van der Waals surface area contributed by atoms with Crippen LogP contribution in [-0.4, -0.2) is 48.0 Å². The van der Waals surface area contributed by atoms with Gasteiger partial charge >= 0.3 is 6.03 Å². The van der Waals surface area contributed by atoms with Crippen LogP contribution in [-0.2, 0) is 6.54 Å². The molecule has 0 bridgehead atoms.